The van der Waals surface area contributed by atoms with Gasteiger partial charge in [-0.25, -0.2) is 15.0 Å². The summed E-state index contributed by atoms with van der Waals surface area (Å²) in [6.45, 7) is 0. The molecule has 3 aromatic heterocycles. The third kappa shape index (κ3) is 3.88. The van der Waals surface area contributed by atoms with E-state index < -0.39 is 0 Å². The van der Waals surface area contributed by atoms with Gasteiger partial charge in [0.05, 0.1) is 11.2 Å². The Bertz CT molecular complexity index is 2150. The Morgan fingerprint density at radius 3 is 2.18 bits per heavy atom. The Balaban J connectivity index is 1.16. The summed E-state index contributed by atoms with van der Waals surface area (Å²) < 4.78 is 9.08. The van der Waals surface area contributed by atoms with Crippen LogP contribution < -0.4 is 4.74 Å². The molecule has 6 nitrogen and oxygen atoms in total. The van der Waals surface area contributed by atoms with Gasteiger partial charge in [0.25, 0.3) is 0 Å². The van der Waals surface area contributed by atoms with E-state index in [0.717, 1.165) is 33.8 Å². The molecule has 0 saturated carbocycles. The van der Waals surface area contributed by atoms with Gasteiger partial charge >= 0.3 is 0 Å². The summed E-state index contributed by atoms with van der Waals surface area (Å²) in [5.41, 5.74) is 8.37. The van der Waals surface area contributed by atoms with Crippen molar-refractivity contribution in [3.8, 4) is 45.7 Å². The summed E-state index contributed by atoms with van der Waals surface area (Å²) in [6, 6.07) is 41.2. The Morgan fingerprint density at radius 2 is 1.36 bits per heavy atom. The molecule has 4 aromatic carbocycles. The molecule has 6 heteroatoms. The smallest absolute Gasteiger partial charge is 0.182 e. The number of hydrogen-bond acceptors (Lipinski definition) is 5. The van der Waals surface area contributed by atoms with Crippen LogP contribution in [0.25, 0.3) is 57.0 Å². The van der Waals surface area contributed by atoms with Gasteiger partial charge in [0.1, 0.15) is 17.5 Å². The van der Waals surface area contributed by atoms with E-state index in [1.807, 2.05) is 54.6 Å². The molecule has 0 saturated heterocycles. The van der Waals surface area contributed by atoms with Crippen molar-refractivity contribution in [1.82, 2.24) is 24.5 Å². The average Bonchev–Trinajstić information content (AvgIpc) is 3.64. The first-order valence-electron chi connectivity index (χ1n) is 14.7. The number of fused-ring (bicyclic) bond motifs is 7. The summed E-state index contributed by atoms with van der Waals surface area (Å²) in [5.74, 6) is 2.71. The lowest BCUT2D eigenvalue weighted by Crippen LogP contribution is -2.13. The lowest BCUT2D eigenvalue weighted by molar-refractivity contribution is 0.224. The van der Waals surface area contributed by atoms with E-state index in [-0.39, 0.29) is 12.0 Å². The van der Waals surface area contributed by atoms with Crippen molar-refractivity contribution in [3.63, 3.8) is 0 Å². The first-order chi connectivity index (χ1) is 21.8. The lowest BCUT2D eigenvalue weighted by atomic mass is 9.85. The average molecular weight is 568 g/mol. The van der Waals surface area contributed by atoms with Crippen LogP contribution in [0.2, 0.25) is 0 Å². The third-order valence-electron chi connectivity index (χ3n) is 8.48. The van der Waals surface area contributed by atoms with Crippen molar-refractivity contribution in [3.05, 3.63) is 150 Å². The highest BCUT2D eigenvalue weighted by atomic mass is 16.5. The Kier molecular flexibility index (Phi) is 5.53. The van der Waals surface area contributed by atoms with Crippen LogP contribution in [0.4, 0.5) is 0 Å². The van der Waals surface area contributed by atoms with E-state index in [4.69, 9.17) is 19.7 Å². The molecule has 0 fully saturated rings. The zero-order chi connectivity index (χ0) is 29.0. The van der Waals surface area contributed by atoms with Gasteiger partial charge in [-0.15, -0.1) is 0 Å². The first kappa shape index (κ1) is 24.7. The van der Waals surface area contributed by atoms with Crippen LogP contribution in [0.15, 0.2) is 134 Å². The predicted octanol–water partition coefficient (Wildman–Crippen LogP) is 8.46. The van der Waals surface area contributed by atoms with Crippen molar-refractivity contribution in [2.45, 2.75) is 12.0 Å². The lowest BCUT2D eigenvalue weighted by Gasteiger charge is -2.22. The van der Waals surface area contributed by atoms with Crippen LogP contribution in [0.5, 0.6) is 5.75 Å². The minimum absolute atomic E-state index is 0.0678. The highest BCUT2D eigenvalue weighted by Gasteiger charge is 2.40. The molecule has 208 valence electrons. The maximum absolute atomic E-state index is 6.74. The van der Waals surface area contributed by atoms with Crippen LogP contribution >= 0.6 is 0 Å². The quantitative estimate of drug-likeness (QED) is 0.213. The minimum Gasteiger partial charge on any atom is -0.484 e. The molecule has 4 heterocycles. The first-order valence-corrected chi connectivity index (χ1v) is 14.7. The summed E-state index contributed by atoms with van der Waals surface area (Å²) in [5, 5.41) is 1.21. The molecule has 7 aromatic rings. The van der Waals surface area contributed by atoms with Gasteiger partial charge < -0.3 is 9.30 Å². The molecule has 0 N–H and O–H groups in total. The third-order valence-corrected chi connectivity index (χ3v) is 8.48. The second-order valence-corrected chi connectivity index (χ2v) is 11.1. The predicted molar refractivity (Wildman–Crippen MR) is 172 cm³/mol. The van der Waals surface area contributed by atoms with E-state index in [9.17, 15) is 0 Å². The number of rotatable bonds is 4. The number of ether oxygens (including phenoxy) is 1. The van der Waals surface area contributed by atoms with Crippen molar-refractivity contribution < 1.29 is 4.74 Å². The molecule has 44 heavy (non-hydrogen) atoms. The van der Waals surface area contributed by atoms with Crippen LogP contribution in [-0.2, 0) is 0 Å². The molecule has 1 aliphatic heterocycles. The second-order valence-electron chi connectivity index (χ2n) is 11.1. The number of para-hydroxylation sites is 2. The van der Waals surface area contributed by atoms with Gasteiger partial charge in [-0.1, -0.05) is 78.9 Å². The molecular weight excluding hydrogens is 542 g/mol. The number of pyridine rings is 1. The standard InChI is InChI=1S/C38H25N5O/c1-3-11-24(12-4-1)36-40-37(42-38(41-36)30-16-9-10-22-39-30)25-18-21-33-29(23-25)27-19-20-32-34(35(27)44-33)28-15-7-8-17-31(28)43(32)26-13-5-2-6-14-26/h1-23,27,35H. The highest BCUT2D eigenvalue weighted by molar-refractivity contribution is 5.92. The van der Waals surface area contributed by atoms with Gasteiger partial charge in [-0.05, 0) is 54.6 Å². The highest BCUT2D eigenvalue weighted by Crippen LogP contribution is 2.53. The fourth-order valence-corrected chi connectivity index (χ4v) is 6.50. The van der Waals surface area contributed by atoms with E-state index in [1.165, 1.54) is 16.5 Å². The van der Waals surface area contributed by atoms with E-state index in [0.29, 0.717) is 23.2 Å². The Morgan fingerprint density at radius 1 is 0.636 bits per heavy atom. The maximum atomic E-state index is 6.74. The van der Waals surface area contributed by atoms with E-state index in [2.05, 4.69) is 88.4 Å². The zero-order valence-corrected chi connectivity index (χ0v) is 23.6. The maximum Gasteiger partial charge on any atom is 0.182 e. The second kappa shape index (κ2) is 9.85. The summed E-state index contributed by atoms with van der Waals surface area (Å²) in [7, 11) is 0. The SMILES string of the molecule is C1=CC2c3cc(-c4nc(-c5ccccc5)nc(-c5ccccn5)n4)ccc3OC2c2c1n(-c1ccccc1)c1ccccc21. The molecule has 2 atom stereocenters. The van der Waals surface area contributed by atoms with Crippen molar-refractivity contribution in [1.29, 1.82) is 0 Å². The summed E-state index contributed by atoms with van der Waals surface area (Å²) >= 11 is 0. The van der Waals surface area contributed by atoms with Crippen LogP contribution in [0.3, 0.4) is 0 Å². The van der Waals surface area contributed by atoms with E-state index >= 15 is 0 Å². The van der Waals surface area contributed by atoms with Gasteiger partial charge in [0, 0.05) is 45.4 Å². The molecule has 0 bridgehead atoms. The van der Waals surface area contributed by atoms with Crippen LogP contribution in [0.1, 0.15) is 28.8 Å². The number of nitrogens with zero attached hydrogens (tertiary/aromatic N) is 5. The molecule has 0 radical (unpaired) electrons. The summed E-state index contributed by atoms with van der Waals surface area (Å²) in [6.07, 6.45) is 6.16. The number of aromatic nitrogens is 5. The van der Waals surface area contributed by atoms with Crippen LogP contribution in [-0.4, -0.2) is 24.5 Å². The minimum atomic E-state index is -0.127. The van der Waals surface area contributed by atoms with Crippen molar-refractivity contribution in [2.24, 2.45) is 0 Å². The Labute approximate surface area is 254 Å². The molecule has 9 rings (SSSR count). The molecule has 1 aliphatic carbocycles. The molecule has 2 aliphatic rings. The summed E-state index contributed by atoms with van der Waals surface area (Å²) in [4.78, 5) is 19.1. The van der Waals surface area contributed by atoms with Gasteiger partial charge in [-0.3, -0.25) is 4.98 Å². The van der Waals surface area contributed by atoms with E-state index in [1.54, 1.807) is 6.20 Å². The van der Waals surface area contributed by atoms with Crippen molar-refractivity contribution >= 4 is 17.0 Å². The topological polar surface area (TPSA) is 65.7 Å². The molecule has 0 spiro atoms. The van der Waals surface area contributed by atoms with Crippen molar-refractivity contribution in [2.75, 3.05) is 0 Å². The fourth-order valence-electron chi connectivity index (χ4n) is 6.50. The molecular formula is C38H25N5O. The van der Waals surface area contributed by atoms with Crippen LogP contribution in [0, 0.1) is 0 Å². The van der Waals surface area contributed by atoms with Gasteiger partial charge in [0.2, 0.25) is 0 Å². The fraction of sp³-hybridized carbons (Fsp3) is 0.0526. The largest absolute Gasteiger partial charge is 0.484 e. The Hall–Kier alpha value is -5.88. The normalized spacial score (nSPS) is 16.3. The zero-order valence-electron chi connectivity index (χ0n) is 23.6. The molecule has 0 amide bonds. The monoisotopic (exact) mass is 567 g/mol. The molecule has 2 unspecified atom stereocenters. The number of hydrogen-bond donors (Lipinski definition) is 0. The number of benzene rings is 4. The van der Waals surface area contributed by atoms with Gasteiger partial charge in [-0.2, -0.15) is 0 Å². The van der Waals surface area contributed by atoms with Gasteiger partial charge in [0.15, 0.2) is 17.5 Å².